The van der Waals surface area contributed by atoms with E-state index in [0.717, 1.165) is 43.4 Å². The van der Waals surface area contributed by atoms with Crippen LogP contribution in [-0.2, 0) is 18.4 Å². The second-order valence-electron chi connectivity index (χ2n) is 7.82. The number of pyridine rings is 1. The third-order valence-electron chi connectivity index (χ3n) is 5.68. The highest BCUT2D eigenvalue weighted by atomic mass is 16.5. The molecule has 0 aliphatic carbocycles. The number of ether oxygens (including phenoxy) is 1. The summed E-state index contributed by atoms with van der Waals surface area (Å²) >= 11 is 0. The molecule has 156 valence electrons. The summed E-state index contributed by atoms with van der Waals surface area (Å²) < 4.78 is 7.30. The van der Waals surface area contributed by atoms with Gasteiger partial charge in [0.25, 0.3) is 11.5 Å². The Hall–Kier alpha value is -3.12. The Kier molecular flexibility index (Phi) is 6.14. The van der Waals surface area contributed by atoms with Gasteiger partial charge in [-0.15, -0.1) is 0 Å². The molecule has 0 bridgehead atoms. The number of hydrogen-bond donors (Lipinski definition) is 1. The molecule has 0 unspecified atom stereocenters. The highest BCUT2D eigenvalue weighted by molar-refractivity contribution is 5.86. The summed E-state index contributed by atoms with van der Waals surface area (Å²) in [7, 11) is 1.73. The van der Waals surface area contributed by atoms with Crippen molar-refractivity contribution in [1.29, 1.82) is 0 Å². The van der Waals surface area contributed by atoms with E-state index < -0.39 is 0 Å². The van der Waals surface area contributed by atoms with Crippen molar-refractivity contribution in [3.63, 3.8) is 0 Å². The Morgan fingerprint density at radius 1 is 1.07 bits per heavy atom. The first-order chi connectivity index (χ1) is 14.6. The van der Waals surface area contributed by atoms with E-state index in [1.807, 2.05) is 30.3 Å². The van der Waals surface area contributed by atoms with Gasteiger partial charge >= 0.3 is 0 Å². The van der Waals surface area contributed by atoms with Crippen LogP contribution in [0.4, 0.5) is 0 Å². The topological polar surface area (TPSA) is 63.6 Å². The molecule has 1 saturated heterocycles. The number of aromatic nitrogens is 1. The van der Waals surface area contributed by atoms with Gasteiger partial charge in [-0.25, -0.2) is 0 Å². The van der Waals surface area contributed by atoms with Crippen LogP contribution in [0.5, 0.6) is 5.75 Å². The minimum Gasteiger partial charge on any atom is -0.483 e. The molecule has 0 saturated carbocycles. The number of fused-ring (bicyclic) bond motifs is 1. The minimum absolute atomic E-state index is 0.0958. The number of carbonyl (C=O) groups is 1. The summed E-state index contributed by atoms with van der Waals surface area (Å²) in [6.45, 7) is 2.77. The van der Waals surface area contributed by atoms with E-state index in [2.05, 4.69) is 34.5 Å². The van der Waals surface area contributed by atoms with E-state index in [4.69, 9.17) is 4.74 Å². The summed E-state index contributed by atoms with van der Waals surface area (Å²) in [5.74, 6) is 0.294. The van der Waals surface area contributed by atoms with Crippen LogP contribution in [0.1, 0.15) is 18.4 Å². The smallest absolute Gasteiger partial charge is 0.258 e. The van der Waals surface area contributed by atoms with Gasteiger partial charge in [0.1, 0.15) is 5.75 Å². The van der Waals surface area contributed by atoms with Crippen LogP contribution in [0.2, 0.25) is 0 Å². The molecule has 2 aromatic carbocycles. The average Bonchev–Trinajstić information content (AvgIpc) is 2.77. The number of nitrogens with zero attached hydrogens (tertiary/aromatic N) is 2. The van der Waals surface area contributed by atoms with Gasteiger partial charge in [0.2, 0.25) is 0 Å². The summed E-state index contributed by atoms with van der Waals surface area (Å²) in [5, 5.41) is 3.89. The lowest BCUT2D eigenvalue weighted by atomic mass is 10.0. The maximum Gasteiger partial charge on any atom is 0.258 e. The van der Waals surface area contributed by atoms with E-state index in [9.17, 15) is 9.59 Å². The van der Waals surface area contributed by atoms with Crippen LogP contribution < -0.4 is 15.6 Å². The molecule has 6 nitrogen and oxygen atoms in total. The van der Waals surface area contributed by atoms with Gasteiger partial charge in [-0.2, -0.15) is 0 Å². The molecule has 0 atom stereocenters. The molecule has 6 heteroatoms. The van der Waals surface area contributed by atoms with Gasteiger partial charge in [0.15, 0.2) is 6.61 Å². The van der Waals surface area contributed by atoms with Crippen molar-refractivity contribution >= 4 is 16.8 Å². The summed E-state index contributed by atoms with van der Waals surface area (Å²) in [6.07, 6.45) is 1.85. The van der Waals surface area contributed by atoms with E-state index in [-0.39, 0.29) is 24.1 Å². The first-order valence-electron chi connectivity index (χ1n) is 10.4. The number of nitrogens with one attached hydrogen (secondary N) is 1. The van der Waals surface area contributed by atoms with Crippen molar-refractivity contribution in [3.8, 4) is 5.75 Å². The van der Waals surface area contributed by atoms with E-state index in [1.165, 1.54) is 11.6 Å². The molecule has 30 heavy (non-hydrogen) atoms. The molecule has 2 heterocycles. The number of para-hydroxylation sites is 1. The van der Waals surface area contributed by atoms with Gasteiger partial charge in [0, 0.05) is 44.2 Å². The van der Waals surface area contributed by atoms with Gasteiger partial charge in [-0.05, 0) is 30.5 Å². The second kappa shape index (κ2) is 9.13. The summed E-state index contributed by atoms with van der Waals surface area (Å²) in [4.78, 5) is 27.0. The minimum atomic E-state index is -0.158. The SMILES string of the molecule is Cn1c(=O)cc(OCC(=O)NC2CCN(Cc3ccccc3)CC2)c2ccccc21. The van der Waals surface area contributed by atoms with Crippen LogP contribution in [-0.4, -0.2) is 41.1 Å². The number of aryl methyl sites for hydroxylation is 1. The molecule has 4 rings (SSSR count). The first-order valence-corrected chi connectivity index (χ1v) is 10.4. The van der Waals surface area contributed by atoms with Crippen LogP contribution in [0.25, 0.3) is 10.9 Å². The molecule has 0 radical (unpaired) electrons. The standard InChI is InChI=1S/C24H27N3O3/c1-26-21-10-6-5-9-20(21)22(15-24(26)29)30-17-23(28)25-19-11-13-27(14-12-19)16-18-7-3-2-4-8-18/h2-10,15,19H,11-14,16-17H2,1H3,(H,25,28). The molecule has 1 aliphatic rings. The highest BCUT2D eigenvalue weighted by Crippen LogP contribution is 2.23. The molecule has 1 fully saturated rings. The fourth-order valence-corrected chi connectivity index (χ4v) is 3.99. The van der Waals surface area contributed by atoms with Crippen molar-refractivity contribution in [2.45, 2.75) is 25.4 Å². The van der Waals surface area contributed by atoms with Crippen molar-refractivity contribution < 1.29 is 9.53 Å². The third kappa shape index (κ3) is 4.71. The molecular formula is C24H27N3O3. The number of amides is 1. The number of carbonyl (C=O) groups excluding carboxylic acids is 1. The van der Waals surface area contributed by atoms with E-state index >= 15 is 0 Å². The van der Waals surface area contributed by atoms with Crippen LogP contribution >= 0.6 is 0 Å². The Morgan fingerprint density at radius 3 is 2.53 bits per heavy atom. The van der Waals surface area contributed by atoms with Crippen molar-refractivity contribution in [3.05, 3.63) is 76.6 Å². The molecule has 1 aliphatic heterocycles. The quantitative estimate of drug-likeness (QED) is 0.685. The predicted octanol–water partition coefficient (Wildman–Crippen LogP) is 2.70. The van der Waals surface area contributed by atoms with Gasteiger partial charge in [-0.3, -0.25) is 14.5 Å². The number of benzene rings is 2. The molecule has 1 N–H and O–H groups in total. The predicted molar refractivity (Wildman–Crippen MR) is 118 cm³/mol. The third-order valence-corrected chi connectivity index (χ3v) is 5.68. The second-order valence-corrected chi connectivity index (χ2v) is 7.82. The van der Waals surface area contributed by atoms with Crippen molar-refractivity contribution in [1.82, 2.24) is 14.8 Å². The Balaban J connectivity index is 1.29. The van der Waals surface area contributed by atoms with Gasteiger partial charge in [-0.1, -0.05) is 42.5 Å². The molecule has 0 spiro atoms. The lowest BCUT2D eigenvalue weighted by molar-refractivity contribution is -0.124. The van der Waals surface area contributed by atoms with E-state index in [1.54, 1.807) is 11.6 Å². The lowest BCUT2D eigenvalue weighted by Crippen LogP contribution is -2.45. The Morgan fingerprint density at radius 2 is 1.77 bits per heavy atom. The maximum absolute atomic E-state index is 12.4. The number of likely N-dealkylation sites (tertiary alicyclic amines) is 1. The number of hydrogen-bond acceptors (Lipinski definition) is 4. The van der Waals surface area contributed by atoms with Crippen LogP contribution in [0.15, 0.2) is 65.5 Å². The maximum atomic E-state index is 12.4. The average molecular weight is 405 g/mol. The summed E-state index contributed by atoms with van der Waals surface area (Å²) in [5.41, 5.74) is 1.94. The number of piperidine rings is 1. The zero-order chi connectivity index (χ0) is 20.9. The molecular weight excluding hydrogens is 378 g/mol. The van der Waals surface area contributed by atoms with Gasteiger partial charge < -0.3 is 14.6 Å². The summed E-state index contributed by atoms with van der Waals surface area (Å²) in [6, 6.07) is 19.6. The monoisotopic (exact) mass is 405 g/mol. The fraction of sp³-hybridized carbons (Fsp3) is 0.333. The Bertz CT molecular complexity index is 1070. The Labute approximate surface area is 176 Å². The zero-order valence-electron chi connectivity index (χ0n) is 17.2. The molecule has 1 aromatic heterocycles. The largest absolute Gasteiger partial charge is 0.483 e. The van der Waals surface area contributed by atoms with Crippen LogP contribution in [0, 0.1) is 0 Å². The number of rotatable bonds is 6. The van der Waals surface area contributed by atoms with Gasteiger partial charge in [0.05, 0.1) is 5.52 Å². The lowest BCUT2D eigenvalue weighted by Gasteiger charge is -2.32. The fourth-order valence-electron chi connectivity index (χ4n) is 3.99. The normalized spacial score (nSPS) is 15.2. The van der Waals surface area contributed by atoms with E-state index in [0.29, 0.717) is 5.75 Å². The first kappa shape index (κ1) is 20.2. The van der Waals surface area contributed by atoms with Crippen LogP contribution in [0.3, 0.4) is 0 Å². The van der Waals surface area contributed by atoms with Crippen molar-refractivity contribution in [2.75, 3.05) is 19.7 Å². The highest BCUT2D eigenvalue weighted by Gasteiger charge is 2.21. The zero-order valence-corrected chi connectivity index (χ0v) is 17.2. The molecule has 1 amide bonds. The van der Waals surface area contributed by atoms with Crippen molar-refractivity contribution in [2.24, 2.45) is 7.05 Å². The molecule has 3 aromatic rings.